The first-order chi connectivity index (χ1) is 15.9. The largest absolute Gasteiger partial charge is 0.483 e. The number of sulfonamides is 1. The molecule has 0 spiro atoms. The molecule has 3 heterocycles. The zero-order valence-corrected chi connectivity index (χ0v) is 19.7. The SMILES string of the molecule is O=C(O)C(=Cc1ccccc1OCC(=O)N1CCCC1)c1ccc(S(=O)(=O)N2CCCC2)s1. The van der Waals surface area contributed by atoms with Crippen molar-refractivity contribution in [1.29, 1.82) is 0 Å². The molecule has 0 radical (unpaired) electrons. The van der Waals surface area contributed by atoms with Gasteiger partial charge in [0.05, 0.1) is 5.57 Å². The number of aliphatic carboxylic acids is 1. The summed E-state index contributed by atoms with van der Waals surface area (Å²) in [5.74, 6) is -0.880. The topological polar surface area (TPSA) is 104 Å². The van der Waals surface area contributed by atoms with Crippen molar-refractivity contribution in [2.24, 2.45) is 0 Å². The standard InChI is InChI=1S/C23H26N2O6S2/c26-21(24-11-3-4-12-24)16-31-19-8-2-1-7-17(19)15-18(23(27)28)20-9-10-22(32-20)33(29,30)25-13-5-6-14-25/h1-2,7-10,15H,3-6,11-14,16H2,(H,27,28). The van der Waals surface area contributed by atoms with Gasteiger partial charge in [0.2, 0.25) is 0 Å². The molecule has 1 N–H and O–H groups in total. The Morgan fingerprint density at radius 1 is 1.00 bits per heavy atom. The van der Waals surface area contributed by atoms with Crippen LogP contribution in [0.3, 0.4) is 0 Å². The molecule has 33 heavy (non-hydrogen) atoms. The molecule has 2 saturated heterocycles. The van der Waals surface area contributed by atoms with E-state index >= 15 is 0 Å². The number of ether oxygens (including phenoxy) is 1. The summed E-state index contributed by atoms with van der Waals surface area (Å²) in [6.07, 6.45) is 5.09. The van der Waals surface area contributed by atoms with Gasteiger partial charge in [-0.05, 0) is 50.0 Å². The second-order valence-corrected chi connectivity index (χ2v) is 11.3. The molecule has 1 aromatic heterocycles. The summed E-state index contributed by atoms with van der Waals surface area (Å²) >= 11 is 0.943. The third-order valence-corrected chi connectivity index (χ3v) is 9.25. The second-order valence-electron chi connectivity index (χ2n) is 8.01. The molecule has 176 valence electrons. The first-order valence-corrected chi connectivity index (χ1v) is 13.2. The smallest absolute Gasteiger partial charge is 0.337 e. The van der Waals surface area contributed by atoms with Crippen LogP contribution in [0.15, 0.2) is 40.6 Å². The molecule has 2 aliphatic heterocycles. The minimum absolute atomic E-state index is 0.0372. The lowest BCUT2D eigenvalue weighted by atomic mass is 10.1. The van der Waals surface area contributed by atoms with E-state index in [0.29, 0.717) is 29.3 Å². The fraction of sp³-hybridized carbons (Fsp3) is 0.391. The van der Waals surface area contributed by atoms with E-state index in [1.807, 2.05) is 0 Å². The van der Waals surface area contributed by atoms with Crippen molar-refractivity contribution in [2.75, 3.05) is 32.8 Å². The molecule has 2 fully saturated rings. The molecule has 4 rings (SSSR count). The van der Waals surface area contributed by atoms with E-state index in [2.05, 4.69) is 0 Å². The first-order valence-electron chi connectivity index (χ1n) is 10.9. The van der Waals surface area contributed by atoms with Crippen molar-refractivity contribution < 1.29 is 27.9 Å². The maximum atomic E-state index is 12.8. The van der Waals surface area contributed by atoms with Crippen molar-refractivity contribution in [2.45, 2.75) is 29.9 Å². The Balaban J connectivity index is 1.57. The van der Waals surface area contributed by atoms with E-state index in [0.717, 1.165) is 50.1 Å². The first kappa shape index (κ1) is 23.5. The van der Waals surface area contributed by atoms with Crippen LogP contribution in [0.1, 0.15) is 36.1 Å². The minimum Gasteiger partial charge on any atom is -0.483 e. The van der Waals surface area contributed by atoms with Gasteiger partial charge in [-0.25, -0.2) is 13.2 Å². The number of likely N-dealkylation sites (tertiary alicyclic amines) is 1. The van der Waals surface area contributed by atoms with Crippen LogP contribution in [0.4, 0.5) is 0 Å². The molecular formula is C23H26N2O6S2. The molecule has 1 aromatic carbocycles. The highest BCUT2D eigenvalue weighted by Gasteiger charge is 2.29. The van der Waals surface area contributed by atoms with Gasteiger partial charge in [0.1, 0.15) is 9.96 Å². The predicted octanol–water partition coefficient (Wildman–Crippen LogP) is 3.16. The zero-order valence-electron chi connectivity index (χ0n) is 18.1. The van der Waals surface area contributed by atoms with Crippen LogP contribution in [0, 0.1) is 0 Å². The fourth-order valence-electron chi connectivity index (χ4n) is 3.98. The Kier molecular flexibility index (Phi) is 7.16. The maximum Gasteiger partial charge on any atom is 0.337 e. The summed E-state index contributed by atoms with van der Waals surface area (Å²) < 4.78 is 32.9. The van der Waals surface area contributed by atoms with Crippen LogP contribution < -0.4 is 4.74 Å². The molecule has 2 aliphatic rings. The summed E-state index contributed by atoms with van der Waals surface area (Å²) in [5, 5.41) is 9.84. The van der Waals surface area contributed by atoms with E-state index in [4.69, 9.17) is 4.74 Å². The second kappa shape index (κ2) is 10.1. The van der Waals surface area contributed by atoms with Crippen LogP contribution in [-0.2, 0) is 19.6 Å². The van der Waals surface area contributed by atoms with Gasteiger partial charge in [-0.3, -0.25) is 4.79 Å². The zero-order chi connectivity index (χ0) is 23.4. The normalized spacial score (nSPS) is 17.5. The Morgan fingerprint density at radius 2 is 1.67 bits per heavy atom. The predicted molar refractivity (Wildman–Crippen MR) is 126 cm³/mol. The molecule has 10 heteroatoms. The van der Waals surface area contributed by atoms with Gasteiger partial charge in [-0.2, -0.15) is 4.31 Å². The Hall–Kier alpha value is -2.69. The molecule has 0 atom stereocenters. The summed E-state index contributed by atoms with van der Waals surface area (Å²) in [7, 11) is -3.62. The number of amides is 1. The Labute approximate surface area is 197 Å². The number of carbonyl (C=O) groups is 2. The summed E-state index contributed by atoms with van der Waals surface area (Å²) in [6, 6.07) is 9.86. The summed E-state index contributed by atoms with van der Waals surface area (Å²) in [5.41, 5.74) is 0.464. The quantitative estimate of drug-likeness (QED) is 0.570. The minimum atomic E-state index is -3.62. The van der Waals surface area contributed by atoms with Crippen molar-refractivity contribution in [3.05, 3.63) is 46.8 Å². The van der Waals surface area contributed by atoms with Crippen LogP contribution >= 0.6 is 11.3 Å². The van der Waals surface area contributed by atoms with E-state index in [1.54, 1.807) is 29.2 Å². The van der Waals surface area contributed by atoms with Gasteiger partial charge >= 0.3 is 5.97 Å². The number of thiophene rings is 1. The number of carbonyl (C=O) groups excluding carboxylic acids is 1. The molecule has 0 saturated carbocycles. The van der Waals surface area contributed by atoms with E-state index in [-0.39, 0.29) is 22.3 Å². The molecule has 1 amide bonds. The van der Waals surface area contributed by atoms with Gasteiger partial charge in [-0.1, -0.05) is 18.2 Å². The van der Waals surface area contributed by atoms with Gasteiger partial charge < -0.3 is 14.7 Å². The number of benzene rings is 1. The van der Waals surface area contributed by atoms with Gasteiger partial charge in [0.25, 0.3) is 15.9 Å². The molecule has 8 nitrogen and oxygen atoms in total. The van der Waals surface area contributed by atoms with Crippen molar-refractivity contribution in [3.63, 3.8) is 0 Å². The number of para-hydroxylation sites is 1. The van der Waals surface area contributed by atoms with Crippen LogP contribution in [-0.4, -0.2) is 67.4 Å². The van der Waals surface area contributed by atoms with Crippen LogP contribution in [0.25, 0.3) is 11.6 Å². The third-order valence-electron chi connectivity index (χ3n) is 5.77. The highest BCUT2D eigenvalue weighted by molar-refractivity contribution is 7.91. The summed E-state index contributed by atoms with van der Waals surface area (Å²) in [6.45, 7) is 2.31. The molecule has 0 bridgehead atoms. The highest BCUT2D eigenvalue weighted by Crippen LogP contribution is 2.33. The Morgan fingerprint density at radius 3 is 2.36 bits per heavy atom. The lowest BCUT2D eigenvalue weighted by Gasteiger charge is -2.16. The van der Waals surface area contributed by atoms with Crippen molar-refractivity contribution in [1.82, 2.24) is 9.21 Å². The highest BCUT2D eigenvalue weighted by atomic mass is 32.2. The van der Waals surface area contributed by atoms with Gasteiger partial charge in [0, 0.05) is 36.6 Å². The van der Waals surface area contributed by atoms with E-state index in [1.165, 1.54) is 22.5 Å². The maximum absolute atomic E-state index is 12.8. The van der Waals surface area contributed by atoms with Crippen LogP contribution in [0.5, 0.6) is 5.75 Å². The number of carboxylic acid groups (broad SMARTS) is 1. The summed E-state index contributed by atoms with van der Waals surface area (Å²) in [4.78, 5) is 26.5. The number of nitrogens with zero attached hydrogens (tertiary/aromatic N) is 2. The van der Waals surface area contributed by atoms with Gasteiger partial charge in [0.15, 0.2) is 6.61 Å². The molecule has 2 aromatic rings. The number of rotatable bonds is 8. The lowest BCUT2D eigenvalue weighted by Crippen LogP contribution is -2.32. The van der Waals surface area contributed by atoms with Crippen molar-refractivity contribution >= 4 is 44.9 Å². The molecular weight excluding hydrogens is 464 g/mol. The lowest BCUT2D eigenvalue weighted by molar-refractivity contribution is -0.132. The third kappa shape index (κ3) is 5.29. The van der Waals surface area contributed by atoms with E-state index in [9.17, 15) is 23.1 Å². The van der Waals surface area contributed by atoms with E-state index < -0.39 is 16.0 Å². The number of hydrogen-bond acceptors (Lipinski definition) is 6. The molecule has 0 unspecified atom stereocenters. The fourth-order valence-corrected chi connectivity index (χ4v) is 6.97. The average molecular weight is 491 g/mol. The average Bonchev–Trinajstić information content (AvgIpc) is 3.58. The number of carboxylic acids is 1. The molecule has 0 aliphatic carbocycles. The van der Waals surface area contributed by atoms with Crippen LogP contribution in [0.2, 0.25) is 0 Å². The monoisotopic (exact) mass is 490 g/mol. The van der Waals surface area contributed by atoms with Gasteiger partial charge in [-0.15, -0.1) is 11.3 Å². The Bertz CT molecular complexity index is 1160. The number of hydrogen-bond donors (Lipinski definition) is 1. The van der Waals surface area contributed by atoms with Crippen molar-refractivity contribution in [3.8, 4) is 5.75 Å².